The predicted molar refractivity (Wildman–Crippen MR) is 150 cm³/mol. The summed E-state index contributed by atoms with van der Waals surface area (Å²) in [5.41, 5.74) is 3.08. The van der Waals surface area contributed by atoms with Gasteiger partial charge >= 0.3 is 6.29 Å². The molecule has 4 heterocycles. The van der Waals surface area contributed by atoms with Crippen LogP contribution < -0.4 is 24.4 Å². The van der Waals surface area contributed by atoms with E-state index in [1.807, 2.05) is 31.2 Å². The maximum atomic E-state index is 13.3. The molecule has 10 nitrogen and oxygen atoms in total. The Morgan fingerprint density at radius 2 is 1.95 bits per heavy atom. The topological polar surface area (TPSA) is 104 Å². The molecule has 2 aliphatic heterocycles. The van der Waals surface area contributed by atoms with Crippen LogP contribution in [0.4, 0.5) is 20.3 Å². The van der Waals surface area contributed by atoms with Gasteiger partial charge in [-0.05, 0) is 63.9 Å². The number of amides is 1. The molecule has 39 heavy (non-hydrogen) atoms. The van der Waals surface area contributed by atoms with E-state index < -0.39 is 12.2 Å². The normalized spacial score (nSPS) is 16.1. The van der Waals surface area contributed by atoms with Gasteiger partial charge < -0.3 is 33.7 Å². The minimum atomic E-state index is -3.79. The summed E-state index contributed by atoms with van der Waals surface area (Å²) in [5.74, 6) is 0.147. The maximum Gasteiger partial charge on any atom is 0.586 e. The average molecular weight is 672 g/mol. The summed E-state index contributed by atoms with van der Waals surface area (Å²) in [5, 5.41) is 2.77. The number of carbonyl (C=O) groups excluding carboxylic acids is 1. The zero-order chi connectivity index (χ0) is 27.4. The number of anilines is 2. The van der Waals surface area contributed by atoms with E-state index in [1.54, 1.807) is 6.07 Å². The average Bonchev–Trinajstić information content (AvgIpc) is 3.25. The molecule has 1 aromatic carbocycles. The lowest BCUT2D eigenvalue weighted by molar-refractivity contribution is -0.286. The highest BCUT2D eigenvalue weighted by atomic mass is 127. The van der Waals surface area contributed by atoms with Gasteiger partial charge in [0.2, 0.25) is 5.88 Å². The Balaban J connectivity index is 1.40. The molecule has 1 atom stereocenters. The molecule has 0 aliphatic carbocycles. The van der Waals surface area contributed by atoms with Gasteiger partial charge in [0.1, 0.15) is 18.1 Å². The van der Waals surface area contributed by atoms with Crippen LogP contribution in [0.25, 0.3) is 11.1 Å². The van der Waals surface area contributed by atoms with E-state index in [-0.39, 0.29) is 17.2 Å². The first-order chi connectivity index (χ1) is 18.8. The first kappa shape index (κ1) is 27.7. The van der Waals surface area contributed by atoms with Gasteiger partial charge in [0.05, 0.1) is 32.5 Å². The molecule has 0 bridgehead atoms. The van der Waals surface area contributed by atoms with Crippen molar-refractivity contribution in [2.24, 2.45) is 0 Å². The van der Waals surface area contributed by atoms with Crippen molar-refractivity contribution in [3.8, 4) is 28.5 Å². The second-order valence-corrected chi connectivity index (χ2v) is 10.4. The molecule has 2 aliphatic rings. The van der Waals surface area contributed by atoms with Crippen molar-refractivity contribution in [2.45, 2.75) is 13.2 Å². The number of fused-ring (bicyclic) bond motifs is 1. The van der Waals surface area contributed by atoms with Gasteiger partial charge in [-0.1, -0.05) is 6.07 Å². The maximum absolute atomic E-state index is 13.3. The van der Waals surface area contributed by atoms with E-state index in [2.05, 4.69) is 46.7 Å². The zero-order valence-electron chi connectivity index (χ0n) is 20.7. The first-order valence-electron chi connectivity index (χ1n) is 11.9. The number of carbonyl (C=O) groups is 1. The summed E-state index contributed by atoms with van der Waals surface area (Å²) in [4.78, 5) is 23.6. The van der Waals surface area contributed by atoms with E-state index >= 15 is 0 Å². The number of rotatable bonds is 9. The molecule has 3 aromatic rings. The zero-order valence-corrected chi connectivity index (χ0v) is 23.9. The van der Waals surface area contributed by atoms with Crippen molar-refractivity contribution in [1.29, 1.82) is 0 Å². The fourth-order valence-electron chi connectivity index (χ4n) is 4.09. The number of pyridine rings is 2. The van der Waals surface area contributed by atoms with Crippen LogP contribution >= 0.6 is 28.5 Å². The number of benzene rings is 1. The third-order valence-corrected chi connectivity index (χ3v) is 7.19. The number of alkyl halides is 2. The second kappa shape index (κ2) is 12.1. The van der Waals surface area contributed by atoms with Crippen molar-refractivity contribution in [3.05, 3.63) is 53.9 Å². The van der Waals surface area contributed by atoms with Crippen LogP contribution in [0.2, 0.25) is 0 Å². The van der Waals surface area contributed by atoms with E-state index in [0.29, 0.717) is 57.5 Å². The van der Waals surface area contributed by atoms with Crippen LogP contribution in [0.3, 0.4) is 0 Å². The molecular formula is C25H24F2IN4O6P. The van der Waals surface area contributed by atoms with Crippen molar-refractivity contribution < 1.29 is 37.0 Å². The van der Waals surface area contributed by atoms with Gasteiger partial charge in [0.25, 0.3) is 5.91 Å². The second-order valence-electron chi connectivity index (χ2n) is 8.59. The Hall–Kier alpha value is -2.87. The van der Waals surface area contributed by atoms with Gasteiger partial charge in [-0.25, -0.2) is 4.98 Å². The third kappa shape index (κ3) is 6.83. The highest BCUT2D eigenvalue weighted by molar-refractivity contribution is 14.2. The summed E-state index contributed by atoms with van der Waals surface area (Å²) in [6.07, 6.45) is -2.76. The number of hydrogen-bond acceptors (Lipinski definition) is 9. The van der Waals surface area contributed by atoms with Crippen molar-refractivity contribution in [1.82, 2.24) is 9.97 Å². The monoisotopic (exact) mass is 672 g/mol. The Labute approximate surface area is 237 Å². The molecule has 1 N–H and O–H groups in total. The van der Waals surface area contributed by atoms with Crippen molar-refractivity contribution in [3.63, 3.8) is 0 Å². The quantitative estimate of drug-likeness (QED) is 0.187. The highest BCUT2D eigenvalue weighted by Crippen LogP contribution is 2.40. The van der Waals surface area contributed by atoms with Gasteiger partial charge in [-0.2, -0.15) is 4.98 Å². The number of aromatic nitrogens is 2. The van der Waals surface area contributed by atoms with E-state index in [1.165, 1.54) is 0 Å². The standard InChI is InChI=1S/C25H24F2IN4O6P/c1-15-2-3-17(30-24(33)19-13-20-21(14-29-19)38-25(26,27)37-20)12-18(15)16-10-22(32-4-6-34-7-5-32)31-23(11-16)35-8-9-36-39-28/h2-3,10-14,39H,4-9H2,1H3,(H,30,33). The number of nitrogens with zero attached hydrogens (tertiary/aromatic N) is 3. The molecule has 1 amide bonds. The highest BCUT2D eigenvalue weighted by Gasteiger charge is 2.44. The summed E-state index contributed by atoms with van der Waals surface area (Å²) in [6.45, 7) is 5.75. The lowest BCUT2D eigenvalue weighted by Crippen LogP contribution is -2.36. The summed E-state index contributed by atoms with van der Waals surface area (Å²) >= 11 is 2.16. The van der Waals surface area contributed by atoms with Gasteiger partial charge in [-0.3, -0.25) is 4.79 Å². The number of halogens is 3. The minimum Gasteiger partial charge on any atom is -0.475 e. The van der Waals surface area contributed by atoms with Gasteiger partial charge in [0.15, 0.2) is 11.5 Å². The molecular weight excluding hydrogens is 648 g/mol. The largest absolute Gasteiger partial charge is 0.586 e. The van der Waals surface area contributed by atoms with Gasteiger partial charge in [-0.15, -0.1) is 8.78 Å². The van der Waals surface area contributed by atoms with Crippen LogP contribution in [-0.2, 0) is 9.26 Å². The fourth-order valence-corrected chi connectivity index (χ4v) is 4.91. The number of aryl methyl sites for hydroxylation is 1. The van der Waals surface area contributed by atoms with Crippen molar-refractivity contribution in [2.75, 3.05) is 49.7 Å². The van der Waals surface area contributed by atoms with Crippen LogP contribution in [0.1, 0.15) is 16.1 Å². The molecule has 5 rings (SSSR count). The lowest BCUT2D eigenvalue weighted by Gasteiger charge is -2.28. The molecule has 1 saturated heterocycles. The van der Waals surface area contributed by atoms with Gasteiger partial charge in [0, 0.05) is 30.9 Å². The lowest BCUT2D eigenvalue weighted by atomic mass is 10.00. The van der Waals surface area contributed by atoms with Crippen molar-refractivity contribution >= 4 is 45.9 Å². The van der Waals surface area contributed by atoms with Crippen LogP contribution in [0.5, 0.6) is 17.4 Å². The van der Waals surface area contributed by atoms with Crippen LogP contribution in [0.15, 0.2) is 42.6 Å². The Kier molecular flexibility index (Phi) is 8.60. The summed E-state index contributed by atoms with van der Waals surface area (Å²) in [6, 6.07) is 10.4. The Morgan fingerprint density at radius 1 is 1.15 bits per heavy atom. The minimum absolute atomic E-state index is 0.0966. The smallest absolute Gasteiger partial charge is 0.475 e. The first-order valence-corrected chi connectivity index (χ1v) is 16.0. The Morgan fingerprint density at radius 3 is 2.74 bits per heavy atom. The third-order valence-electron chi connectivity index (χ3n) is 5.94. The molecule has 1 fully saturated rings. The fraction of sp³-hybridized carbons (Fsp3) is 0.320. The SMILES string of the molecule is Cc1ccc(NC(=O)c2cc3c(cn2)OC(F)(F)O3)cc1-c1cc(OCCOPI)nc(N2CCOCC2)c1. The van der Waals surface area contributed by atoms with E-state index in [0.717, 1.165) is 34.8 Å². The molecule has 2 aromatic heterocycles. The number of morpholine rings is 1. The predicted octanol–water partition coefficient (Wildman–Crippen LogP) is 5.20. The molecule has 206 valence electrons. The number of ether oxygens (including phenoxy) is 4. The molecule has 14 heteroatoms. The van der Waals surface area contributed by atoms with E-state index in [9.17, 15) is 13.6 Å². The molecule has 0 radical (unpaired) electrons. The van der Waals surface area contributed by atoms with Crippen LogP contribution in [-0.4, -0.2) is 61.7 Å². The molecule has 0 spiro atoms. The van der Waals surface area contributed by atoms with Crippen LogP contribution in [0, 0.1) is 6.92 Å². The molecule has 1 unspecified atom stereocenters. The summed E-state index contributed by atoms with van der Waals surface area (Å²) in [7, 11) is 0. The number of hydrogen-bond donors (Lipinski definition) is 1. The van der Waals surface area contributed by atoms with E-state index in [4.69, 9.17) is 19.0 Å². The number of nitrogens with one attached hydrogen (secondary N) is 1. The Bertz CT molecular complexity index is 1360. The summed E-state index contributed by atoms with van der Waals surface area (Å²) < 4.78 is 52.2. The molecule has 0 saturated carbocycles.